The van der Waals surface area contributed by atoms with Gasteiger partial charge in [-0.05, 0) is 11.7 Å². The minimum atomic E-state index is -0.978. The van der Waals surface area contributed by atoms with Crippen LogP contribution in [0.1, 0.15) is 37.7 Å². The number of hydrogen-bond donors (Lipinski definition) is 2. The number of carbonyl (C=O) groups excluding carboxylic acids is 1. The molecule has 1 aromatic heterocycles. The summed E-state index contributed by atoms with van der Waals surface area (Å²) in [5.74, 6) is -1.48. The molecular weight excluding hydrogens is 314 g/mol. The topological polar surface area (TPSA) is 92.2 Å². The highest BCUT2D eigenvalue weighted by Crippen LogP contribution is 2.23. The smallest absolute Gasteiger partial charge is 0.305 e. The molecule has 1 atom stereocenters. The van der Waals surface area contributed by atoms with Crippen LogP contribution in [0.25, 0.3) is 0 Å². The Hall–Kier alpha value is -1.34. The number of halogens is 1. The number of nitrogens with one attached hydrogen (secondary N) is 1. The first kappa shape index (κ1) is 17.7. The number of aromatic nitrogens is 2. The second-order valence-corrected chi connectivity index (χ2v) is 6.72. The van der Waals surface area contributed by atoms with Gasteiger partial charge < -0.3 is 10.4 Å². The Bertz CT molecular complexity index is 546. The van der Waals surface area contributed by atoms with Gasteiger partial charge in [0.25, 0.3) is 5.91 Å². The molecular formula is C13H18ClN3O3S. The van der Waals surface area contributed by atoms with E-state index in [1.54, 1.807) is 6.26 Å². The zero-order chi connectivity index (χ0) is 16.2. The molecule has 0 spiro atoms. The molecule has 1 amide bonds. The Morgan fingerprint density at radius 1 is 1.48 bits per heavy atom. The molecule has 1 unspecified atom stereocenters. The third-order valence-electron chi connectivity index (χ3n) is 2.85. The first-order valence-electron chi connectivity index (χ1n) is 6.24. The molecule has 0 aliphatic heterocycles. The molecule has 0 saturated carbocycles. The molecule has 8 heteroatoms. The van der Waals surface area contributed by atoms with Crippen LogP contribution in [-0.2, 0) is 4.79 Å². The fourth-order valence-electron chi connectivity index (χ4n) is 1.58. The summed E-state index contributed by atoms with van der Waals surface area (Å²) in [5, 5.41) is 12.2. The van der Waals surface area contributed by atoms with E-state index in [1.165, 1.54) is 18.0 Å². The SMILES string of the molecule is CSc1ncc(Cl)c(C(=O)NC(CC(=O)O)C(C)(C)C)n1. The van der Waals surface area contributed by atoms with Gasteiger partial charge in [-0.3, -0.25) is 9.59 Å². The van der Waals surface area contributed by atoms with Crippen molar-refractivity contribution in [2.24, 2.45) is 5.41 Å². The molecule has 1 rings (SSSR count). The Balaban J connectivity index is 2.99. The molecule has 1 heterocycles. The highest BCUT2D eigenvalue weighted by molar-refractivity contribution is 7.98. The highest BCUT2D eigenvalue weighted by Gasteiger charge is 2.29. The van der Waals surface area contributed by atoms with Gasteiger partial charge in [0.2, 0.25) is 0 Å². The summed E-state index contributed by atoms with van der Waals surface area (Å²) >= 11 is 7.23. The minimum absolute atomic E-state index is 0.0515. The molecule has 0 aliphatic carbocycles. The second kappa shape index (κ2) is 7.09. The van der Waals surface area contributed by atoms with Crippen LogP contribution in [-0.4, -0.2) is 39.2 Å². The number of hydrogen-bond acceptors (Lipinski definition) is 5. The van der Waals surface area contributed by atoms with E-state index >= 15 is 0 Å². The largest absolute Gasteiger partial charge is 0.481 e. The minimum Gasteiger partial charge on any atom is -0.481 e. The quantitative estimate of drug-likeness (QED) is 0.636. The van der Waals surface area contributed by atoms with Crippen molar-refractivity contribution in [2.45, 2.75) is 38.4 Å². The summed E-state index contributed by atoms with van der Waals surface area (Å²) in [5.41, 5.74) is -0.355. The molecule has 116 valence electrons. The van der Waals surface area contributed by atoms with E-state index in [2.05, 4.69) is 15.3 Å². The van der Waals surface area contributed by atoms with Crippen LogP contribution in [0.2, 0.25) is 5.02 Å². The molecule has 6 nitrogen and oxygen atoms in total. The van der Waals surface area contributed by atoms with Crippen LogP contribution in [0.5, 0.6) is 0 Å². The van der Waals surface area contributed by atoms with E-state index in [9.17, 15) is 9.59 Å². The van der Waals surface area contributed by atoms with E-state index in [0.29, 0.717) is 5.16 Å². The van der Waals surface area contributed by atoms with Gasteiger partial charge in [0.05, 0.1) is 17.6 Å². The van der Waals surface area contributed by atoms with Crippen molar-refractivity contribution in [3.63, 3.8) is 0 Å². The molecule has 0 bridgehead atoms. The lowest BCUT2D eigenvalue weighted by Crippen LogP contribution is -2.45. The van der Waals surface area contributed by atoms with Gasteiger partial charge in [-0.1, -0.05) is 44.1 Å². The summed E-state index contributed by atoms with van der Waals surface area (Å²) in [7, 11) is 0. The van der Waals surface area contributed by atoms with Gasteiger partial charge in [0.1, 0.15) is 0 Å². The van der Waals surface area contributed by atoms with E-state index in [1.807, 2.05) is 20.8 Å². The zero-order valence-electron chi connectivity index (χ0n) is 12.3. The lowest BCUT2D eigenvalue weighted by molar-refractivity contribution is -0.138. The summed E-state index contributed by atoms with van der Waals surface area (Å²) in [4.78, 5) is 31.2. The highest BCUT2D eigenvalue weighted by atomic mass is 35.5. The third kappa shape index (κ3) is 5.17. The van der Waals surface area contributed by atoms with Crippen molar-refractivity contribution in [3.05, 3.63) is 16.9 Å². The number of aliphatic carboxylic acids is 1. The average Bonchev–Trinajstić information content (AvgIpc) is 2.36. The zero-order valence-corrected chi connectivity index (χ0v) is 13.9. The number of carboxylic acids is 1. The number of carboxylic acid groups (broad SMARTS) is 1. The predicted octanol–water partition coefficient (Wildman–Crippen LogP) is 2.47. The number of carbonyl (C=O) groups is 2. The first-order chi connectivity index (χ1) is 9.65. The fourth-order valence-corrected chi connectivity index (χ4v) is 2.10. The van der Waals surface area contributed by atoms with Crippen LogP contribution in [0.15, 0.2) is 11.4 Å². The average molecular weight is 332 g/mol. The van der Waals surface area contributed by atoms with E-state index < -0.39 is 23.3 Å². The Morgan fingerprint density at radius 2 is 2.10 bits per heavy atom. The maximum absolute atomic E-state index is 12.3. The second-order valence-electron chi connectivity index (χ2n) is 5.54. The van der Waals surface area contributed by atoms with Crippen molar-refractivity contribution in [1.29, 1.82) is 0 Å². The van der Waals surface area contributed by atoms with Crippen LogP contribution in [0.4, 0.5) is 0 Å². The Morgan fingerprint density at radius 3 is 2.57 bits per heavy atom. The predicted molar refractivity (Wildman–Crippen MR) is 81.8 cm³/mol. The van der Waals surface area contributed by atoms with Gasteiger partial charge >= 0.3 is 5.97 Å². The van der Waals surface area contributed by atoms with Gasteiger partial charge in [-0.2, -0.15) is 0 Å². The Labute approximate surface area is 132 Å². The maximum Gasteiger partial charge on any atom is 0.305 e. The number of thioether (sulfide) groups is 1. The summed E-state index contributed by atoms with van der Waals surface area (Å²) in [6.07, 6.45) is 2.97. The monoisotopic (exact) mass is 331 g/mol. The summed E-state index contributed by atoms with van der Waals surface area (Å²) in [6.45, 7) is 5.57. The number of amides is 1. The molecule has 21 heavy (non-hydrogen) atoms. The first-order valence-corrected chi connectivity index (χ1v) is 7.84. The third-order valence-corrected chi connectivity index (χ3v) is 3.69. The van der Waals surface area contributed by atoms with Crippen LogP contribution >= 0.6 is 23.4 Å². The van der Waals surface area contributed by atoms with Gasteiger partial charge in [0.15, 0.2) is 10.9 Å². The van der Waals surface area contributed by atoms with Crippen molar-refractivity contribution in [2.75, 3.05) is 6.26 Å². The van der Waals surface area contributed by atoms with Crippen molar-refractivity contribution in [3.8, 4) is 0 Å². The maximum atomic E-state index is 12.3. The van der Waals surface area contributed by atoms with Crippen LogP contribution in [0.3, 0.4) is 0 Å². The van der Waals surface area contributed by atoms with Gasteiger partial charge in [-0.25, -0.2) is 9.97 Å². The van der Waals surface area contributed by atoms with E-state index in [-0.39, 0.29) is 17.1 Å². The number of rotatable bonds is 5. The van der Waals surface area contributed by atoms with Crippen LogP contribution in [0, 0.1) is 5.41 Å². The van der Waals surface area contributed by atoms with Crippen molar-refractivity contribution < 1.29 is 14.7 Å². The normalized spacial score (nSPS) is 12.8. The van der Waals surface area contributed by atoms with Crippen LogP contribution < -0.4 is 5.32 Å². The molecule has 2 N–H and O–H groups in total. The van der Waals surface area contributed by atoms with E-state index in [4.69, 9.17) is 16.7 Å². The summed E-state index contributed by atoms with van der Waals surface area (Å²) < 4.78 is 0. The molecule has 1 aromatic rings. The molecule has 0 aromatic carbocycles. The Kier molecular flexibility index (Phi) is 5.98. The lowest BCUT2D eigenvalue weighted by atomic mass is 9.84. The summed E-state index contributed by atoms with van der Waals surface area (Å²) in [6, 6.07) is -0.536. The van der Waals surface area contributed by atoms with Crippen molar-refractivity contribution >= 4 is 35.2 Å². The fraction of sp³-hybridized carbons (Fsp3) is 0.538. The van der Waals surface area contributed by atoms with Gasteiger partial charge in [0, 0.05) is 6.04 Å². The molecule has 0 fully saturated rings. The standard InChI is InChI=1S/C13H18ClN3O3S/c1-13(2,3)8(5-9(18)19)16-11(20)10-7(14)6-15-12(17-10)21-4/h6,8H,5H2,1-4H3,(H,16,20)(H,18,19). The molecule has 0 radical (unpaired) electrons. The molecule has 0 aliphatic rings. The van der Waals surface area contributed by atoms with E-state index in [0.717, 1.165) is 0 Å². The lowest BCUT2D eigenvalue weighted by Gasteiger charge is -2.30. The van der Waals surface area contributed by atoms with Gasteiger partial charge in [-0.15, -0.1) is 0 Å². The number of nitrogens with zero attached hydrogens (tertiary/aromatic N) is 2. The molecule has 0 saturated heterocycles. The van der Waals surface area contributed by atoms with Crippen molar-refractivity contribution in [1.82, 2.24) is 15.3 Å².